The van der Waals surface area contributed by atoms with Gasteiger partial charge in [0.05, 0.1) is 18.0 Å². The lowest BCUT2D eigenvalue weighted by Crippen LogP contribution is -2.33. The van der Waals surface area contributed by atoms with Crippen molar-refractivity contribution in [3.05, 3.63) is 41.2 Å². The second kappa shape index (κ2) is 8.40. The molecule has 5 nitrogen and oxygen atoms in total. The summed E-state index contributed by atoms with van der Waals surface area (Å²) >= 11 is 1.32. The number of hydrogen-bond acceptors (Lipinski definition) is 4. The largest absolute Gasteiger partial charge is 0.481 e. The summed E-state index contributed by atoms with van der Waals surface area (Å²) in [6.07, 6.45) is 3.16. The number of aliphatic carboxylic acids is 1. The number of benzene rings is 1. The Morgan fingerprint density at radius 3 is 2.65 bits per heavy atom. The summed E-state index contributed by atoms with van der Waals surface area (Å²) in [5.74, 6) is -1.07. The highest BCUT2D eigenvalue weighted by molar-refractivity contribution is 7.13. The molecule has 1 saturated carbocycles. The predicted molar refractivity (Wildman–Crippen MR) is 97.3 cm³/mol. The second-order valence-corrected chi connectivity index (χ2v) is 7.52. The Bertz CT molecular complexity index is 785. The topological polar surface area (TPSA) is 79.3 Å². The summed E-state index contributed by atoms with van der Waals surface area (Å²) in [6, 6.07) is 6.45. The van der Waals surface area contributed by atoms with Gasteiger partial charge in [0.2, 0.25) is 5.91 Å². The van der Waals surface area contributed by atoms with Crippen molar-refractivity contribution in [3.63, 3.8) is 0 Å². The molecule has 1 aliphatic carbocycles. The van der Waals surface area contributed by atoms with Crippen molar-refractivity contribution in [2.24, 2.45) is 11.8 Å². The second-order valence-electron chi connectivity index (χ2n) is 6.66. The van der Waals surface area contributed by atoms with Crippen LogP contribution < -0.4 is 5.32 Å². The molecule has 1 fully saturated rings. The van der Waals surface area contributed by atoms with E-state index >= 15 is 0 Å². The van der Waals surface area contributed by atoms with Crippen LogP contribution in [0.5, 0.6) is 0 Å². The van der Waals surface area contributed by atoms with E-state index in [2.05, 4.69) is 10.3 Å². The third-order valence-electron chi connectivity index (χ3n) is 4.78. The minimum absolute atomic E-state index is 0.115. The summed E-state index contributed by atoms with van der Waals surface area (Å²) in [5, 5.41) is 14.3. The van der Waals surface area contributed by atoms with Crippen LogP contribution in [0.1, 0.15) is 31.4 Å². The summed E-state index contributed by atoms with van der Waals surface area (Å²) in [5.41, 5.74) is 1.07. The van der Waals surface area contributed by atoms with Crippen molar-refractivity contribution in [1.29, 1.82) is 0 Å². The fourth-order valence-corrected chi connectivity index (χ4v) is 4.09. The Morgan fingerprint density at radius 2 is 1.96 bits per heavy atom. The summed E-state index contributed by atoms with van der Waals surface area (Å²) < 4.78 is 13.8. The van der Waals surface area contributed by atoms with Gasteiger partial charge in [0.1, 0.15) is 10.8 Å². The van der Waals surface area contributed by atoms with Crippen LogP contribution in [0.25, 0.3) is 10.6 Å². The van der Waals surface area contributed by atoms with Gasteiger partial charge in [-0.2, -0.15) is 0 Å². The SMILES string of the molecule is O=C(Cc1csc(-c2ccccc2F)n1)NCC1CCC(C(=O)O)CC1. The van der Waals surface area contributed by atoms with E-state index in [1.165, 1.54) is 17.4 Å². The summed E-state index contributed by atoms with van der Waals surface area (Å²) in [4.78, 5) is 27.4. The zero-order chi connectivity index (χ0) is 18.5. The van der Waals surface area contributed by atoms with E-state index in [1.807, 2.05) is 0 Å². The highest BCUT2D eigenvalue weighted by Gasteiger charge is 2.26. The van der Waals surface area contributed by atoms with Crippen LogP contribution in [0, 0.1) is 17.7 Å². The number of nitrogens with zero attached hydrogens (tertiary/aromatic N) is 1. The van der Waals surface area contributed by atoms with Gasteiger partial charge in [-0.25, -0.2) is 9.37 Å². The van der Waals surface area contributed by atoms with E-state index in [0.717, 1.165) is 12.8 Å². The lowest BCUT2D eigenvalue weighted by molar-refractivity contribution is -0.143. The van der Waals surface area contributed by atoms with Crippen LogP contribution >= 0.6 is 11.3 Å². The van der Waals surface area contributed by atoms with Crippen molar-refractivity contribution in [2.45, 2.75) is 32.1 Å². The molecule has 0 bridgehead atoms. The highest BCUT2D eigenvalue weighted by Crippen LogP contribution is 2.29. The van der Waals surface area contributed by atoms with Crippen molar-refractivity contribution in [1.82, 2.24) is 10.3 Å². The van der Waals surface area contributed by atoms with E-state index in [0.29, 0.717) is 41.6 Å². The number of hydrogen-bond donors (Lipinski definition) is 2. The van der Waals surface area contributed by atoms with Crippen molar-refractivity contribution >= 4 is 23.2 Å². The molecule has 2 aromatic rings. The minimum atomic E-state index is -0.721. The molecule has 0 radical (unpaired) electrons. The number of thiazole rings is 1. The van der Waals surface area contributed by atoms with Gasteiger partial charge in [0.15, 0.2) is 0 Å². The molecule has 2 N–H and O–H groups in total. The Labute approximate surface area is 155 Å². The smallest absolute Gasteiger partial charge is 0.306 e. The molecule has 1 aromatic carbocycles. The molecule has 1 heterocycles. The van der Waals surface area contributed by atoms with Gasteiger partial charge in [-0.1, -0.05) is 12.1 Å². The number of carbonyl (C=O) groups is 2. The quantitative estimate of drug-likeness (QED) is 0.809. The molecule has 26 heavy (non-hydrogen) atoms. The molecule has 0 unspecified atom stereocenters. The van der Waals surface area contributed by atoms with E-state index in [1.54, 1.807) is 23.6 Å². The maximum absolute atomic E-state index is 13.8. The number of carbonyl (C=O) groups excluding carboxylic acids is 1. The average Bonchev–Trinajstić information content (AvgIpc) is 3.09. The third-order valence-corrected chi connectivity index (χ3v) is 5.71. The van der Waals surface area contributed by atoms with Gasteiger partial charge < -0.3 is 10.4 Å². The Hall–Kier alpha value is -2.28. The van der Waals surface area contributed by atoms with Gasteiger partial charge in [-0.3, -0.25) is 9.59 Å². The number of rotatable bonds is 6. The number of carboxylic acid groups (broad SMARTS) is 1. The van der Waals surface area contributed by atoms with Crippen molar-refractivity contribution in [3.8, 4) is 10.6 Å². The average molecular weight is 376 g/mol. The molecule has 1 amide bonds. The predicted octanol–water partition coefficient (Wildman–Crippen LogP) is 3.50. The number of nitrogens with one attached hydrogen (secondary N) is 1. The van der Waals surface area contributed by atoms with Gasteiger partial charge >= 0.3 is 5.97 Å². The van der Waals surface area contributed by atoms with Crippen molar-refractivity contribution < 1.29 is 19.1 Å². The van der Waals surface area contributed by atoms with Crippen LogP contribution in [0.3, 0.4) is 0 Å². The van der Waals surface area contributed by atoms with Crippen molar-refractivity contribution in [2.75, 3.05) is 6.54 Å². The molecule has 7 heteroatoms. The zero-order valence-electron chi connectivity index (χ0n) is 14.3. The molecule has 0 spiro atoms. The number of amides is 1. The van der Waals surface area contributed by atoms with Gasteiger partial charge in [0, 0.05) is 17.5 Å². The van der Waals surface area contributed by atoms with Crippen LogP contribution in [0.15, 0.2) is 29.6 Å². The van der Waals surface area contributed by atoms with E-state index in [4.69, 9.17) is 5.11 Å². The van der Waals surface area contributed by atoms with E-state index in [9.17, 15) is 14.0 Å². The molecule has 0 aliphatic heterocycles. The lowest BCUT2D eigenvalue weighted by atomic mass is 9.82. The monoisotopic (exact) mass is 376 g/mol. The standard InChI is InChI=1S/C19H21FN2O3S/c20-16-4-2-1-3-15(16)18-22-14(11-26-18)9-17(23)21-10-12-5-7-13(8-6-12)19(24)25/h1-4,11-13H,5-10H2,(H,21,23)(H,24,25). The lowest BCUT2D eigenvalue weighted by Gasteiger charge is -2.26. The number of halogens is 1. The van der Waals surface area contributed by atoms with Gasteiger partial charge in [-0.05, 0) is 43.7 Å². The highest BCUT2D eigenvalue weighted by atomic mass is 32.1. The Balaban J connectivity index is 1.47. The number of aromatic nitrogens is 1. The van der Waals surface area contributed by atoms with Crippen LogP contribution in [0.2, 0.25) is 0 Å². The van der Waals surface area contributed by atoms with E-state index in [-0.39, 0.29) is 24.1 Å². The number of carboxylic acids is 1. The maximum Gasteiger partial charge on any atom is 0.306 e. The fraction of sp³-hybridized carbons (Fsp3) is 0.421. The zero-order valence-corrected chi connectivity index (χ0v) is 15.1. The van der Waals surface area contributed by atoms with Gasteiger partial charge in [-0.15, -0.1) is 11.3 Å². The molecule has 1 aliphatic rings. The van der Waals surface area contributed by atoms with Gasteiger partial charge in [0.25, 0.3) is 0 Å². The molecule has 0 saturated heterocycles. The molecule has 0 atom stereocenters. The molecular weight excluding hydrogens is 355 g/mol. The minimum Gasteiger partial charge on any atom is -0.481 e. The Morgan fingerprint density at radius 1 is 1.23 bits per heavy atom. The first kappa shape index (κ1) is 18.5. The first-order valence-electron chi connectivity index (χ1n) is 8.71. The third kappa shape index (κ3) is 4.66. The molecule has 138 valence electrons. The maximum atomic E-state index is 13.8. The van der Waals surface area contributed by atoms with Crippen LogP contribution in [0.4, 0.5) is 4.39 Å². The first-order chi connectivity index (χ1) is 12.5. The Kier molecular flexibility index (Phi) is 5.98. The fourth-order valence-electron chi connectivity index (χ4n) is 3.25. The first-order valence-corrected chi connectivity index (χ1v) is 9.59. The van der Waals surface area contributed by atoms with Crippen LogP contribution in [-0.2, 0) is 16.0 Å². The summed E-state index contributed by atoms with van der Waals surface area (Å²) in [7, 11) is 0. The molecular formula is C19H21FN2O3S. The molecule has 3 rings (SSSR count). The molecule has 1 aromatic heterocycles. The summed E-state index contributed by atoms with van der Waals surface area (Å²) in [6.45, 7) is 0.565. The normalized spacial score (nSPS) is 19.9. The van der Waals surface area contributed by atoms with E-state index < -0.39 is 5.97 Å². The van der Waals surface area contributed by atoms with Crippen LogP contribution in [-0.4, -0.2) is 28.5 Å².